The van der Waals surface area contributed by atoms with Crippen molar-refractivity contribution < 1.29 is 14.4 Å². The van der Waals surface area contributed by atoms with Crippen LogP contribution in [-0.4, -0.2) is 11.1 Å². The fraction of sp³-hybridized carbons (Fsp3) is 0.250. The molecule has 1 aliphatic carbocycles. The third-order valence-corrected chi connectivity index (χ3v) is 4.96. The third-order valence-electron chi connectivity index (χ3n) is 4.96. The van der Waals surface area contributed by atoms with Crippen LogP contribution in [0, 0.1) is 19.7 Å². The second kappa shape index (κ2) is 6.21. The van der Waals surface area contributed by atoms with Crippen molar-refractivity contribution in [2.24, 2.45) is 0 Å². The average molecular weight is 325 g/mol. The minimum Gasteiger partial charge on any atom is -0.289 e. The first kappa shape index (κ1) is 16.4. The largest absolute Gasteiger partial charge is 0.289 e. The lowest BCUT2D eigenvalue weighted by atomic mass is 9.77. The first-order chi connectivity index (χ1) is 11.5. The van der Waals surface area contributed by atoms with Crippen molar-refractivity contribution in [1.29, 1.82) is 0 Å². The summed E-state index contributed by atoms with van der Waals surface area (Å²) in [4.78, 5) is 12.5. The topological polar surface area (TPSA) is 49.3 Å². The fourth-order valence-electron chi connectivity index (χ4n) is 3.62. The number of amides is 1. The average Bonchev–Trinajstić information content (AvgIpc) is 3.03. The summed E-state index contributed by atoms with van der Waals surface area (Å²) in [6.45, 7) is 3.69. The van der Waals surface area contributed by atoms with Gasteiger partial charge in [-0.2, -0.15) is 0 Å². The molecular weight excluding hydrogens is 305 g/mol. The van der Waals surface area contributed by atoms with E-state index in [9.17, 15) is 14.4 Å². The van der Waals surface area contributed by atoms with Gasteiger partial charge in [0.2, 0.25) is 0 Å². The van der Waals surface area contributed by atoms with Crippen molar-refractivity contribution in [2.75, 3.05) is 0 Å². The summed E-state index contributed by atoms with van der Waals surface area (Å²) < 4.78 is 14.0. The van der Waals surface area contributed by atoms with E-state index in [2.05, 4.69) is 0 Å². The third kappa shape index (κ3) is 2.53. The zero-order valence-electron chi connectivity index (χ0n) is 13.8. The molecule has 2 aromatic rings. The second-order valence-electron chi connectivity index (χ2n) is 6.31. The van der Waals surface area contributed by atoms with Gasteiger partial charge in [0.1, 0.15) is 5.82 Å². The van der Waals surface area contributed by atoms with Gasteiger partial charge in [-0.1, -0.05) is 42.5 Å². The molecule has 24 heavy (non-hydrogen) atoms. The number of benzene rings is 2. The minimum atomic E-state index is -1.06. The molecule has 3 rings (SSSR count). The van der Waals surface area contributed by atoms with Crippen molar-refractivity contribution in [3.05, 3.63) is 76.6 Å². The van der Waals surface area contributed by atoms with Crippen LogP contribution in [0.5, 0.6) is 0 Å². The quantitative estimate of drug-likeness (QED) is 0.660. The summed E-state index contributed by atoms with van der Waals surface area (Å²) in [7, 11) is 0. The molecule has 0 fully saturated rings. The van der Waals surface area contributed by atoms with Gasteiger partial charge in [0, 0.05) is 0 Å². The summed E-state index contributed by atoms with van der Waals surface area (Å²) in [6.07, 6.45) is 3.06. The Balaban J connectivity index is 2.18. The van der Waals surface area contributed by atoms with Crippen LogP contribution >= 0.6 is 0 Å². The van der Waals surface area contributed by atoms with Crippen LogP contribution in [0.3, 0.4) is 0 Å². The maximum atomic E-state index is 14.0. The zero-order valence-corrected chi connectivity index (χ0v) is 13.8. The highest BCUT2D eigenvalue weighted by molar-refractivity contribution is 5.94. The Kier molecular flexibility index (Phi) is 4.24. The van der Waals surface area contributed by atoms with E-state index in [4.69, 9.17) is 0 Å². The number of rotatable bonds is 3. The first-order valence-electron chi connectivity index (χ1n) is 7.97. The van der Waals surface area contributed by atoms with Gasteiger partial charge in [-0.3, -0.25) is 10.0 Å². The molecule has 1 aliphatic rings. The van der Waals surface area contributed by atoms with Crippen LogP contribution in [0.15, 0.2) is 48.5 Å². The van der Waals surface area contributed by atoms with Crippen LogP contribution in [0.2, 0.25) is 0 Å². The summed E-state index contributed by atoms with van der Waals surface area (Å²) in [5.74, 6) is -0.879. The van der Waals surface area contributed by atoms with Gasteiger partial charge in [-0.25, -0.2) is 9.87 Å². The van der Waals surface area contributed by atoms with E-state index < -0.39 is 11.3 Å². The Morgan fingerprint density at radius 2 is 1.92 bits per heavy atom. The zero-order chi connectivity index (χ0) is 17.3. The standard InChI is InChI=1S/C20H20FNO2/c1-13-6-3-4-7-16(13)15-10-11-20(12-15,19(23)22-24)17-8-5-9-18(21)14(17)2/h3-9,12,24H,10-11H2,1-2H3,(H,22,23). The van der Waals surface area contributed by atoms with Crippen LogP contribution in [0.1, 0.15) is 35.1 Å². The molecule has 2 N–H and O–H groups in total. The van der Waals surface area contributed by atoms with Crippen LogP contribution in [0.4, 0.5) is 4.39 Å². The molecule has 0 bridgehead atoms. The number of carbonyl (C=O) groups is 1. The van der Waals surface area contributed by atoms with E-state index in [0.29, 0.717) is 24.0 Å². The van der Waals surface area contributed by atoms with Gasteiger partial charge in [0.05, 0.1) is 5.41 Å². The monoisotopic (exact) mass is 325 g/mol. The van der Waals surface area contributed by atoms with E-state index >= 15 is 0 Å². The predicted molar refractivity (Wildman–Crippen MR) is 91.1 cm³/mol. The van der Waals surface area contributed by atoms with Gasteiger partial charge < -0.3 is 0 Å². The molecule has 2 aromatic carbocycles. The fourth-order valence-corrected chi connectivity index (χ4v) is 3.62. The van der Waals surface area contributed by atoms with Crippen molar-refractivity contribution >= 4 is 11.5 Å². The number of hydroxylamine groups is 1. The van der Waals surface area contributed by atoms with E-state index in [0.717, 1.165) is 16.7 Å². The second-order valence-corrected chi connectivity index (χ2v) is 6.31. The highest BCUT2D eigenvalue weighted by Crippen LogP contribution is 2.44. The molecule has 0 spiro atoms. The van der Waals surface area contributed by atoms with Gasteiger partial charge in [0.25, 0.3) is 5.91 Å². The molecule has 1 amide bonds. The lowest BCUT2D eigenvalue weighted by Gasteiger charge is -2.27. The SMILES string of the molecule is Cc1ccccc1C1=CC(C(=O)NO)(c2cccc(F)c2C)CC1. The molecule has 0 radical (unpaired) electrons. The summed E-state index contributed by atoms with van der Waals surface area (Å²) in [5.41, 5.74) is 4.99. The molecule has 0 heterocycles. The summed E-state index contributed by atoms with van der Waals surface area (Å²) >= 11 is 0. The Morgan fingerprint density at radius 3 is 2.62 bits per heavy atom. The lowest BCUT2D eigenvalue weighted by molar-refractivity contribution is -0.133. The number of carbonyl (C=O) groups excluding carboxylic acids is 1. The highest BCUT2D eigenvalue weighted by atomic mass is 19.1. The number of nitrogens with one attached hydrogen (secondary N) is 1. The van der Waals surface area contributed by atoms with Gasteiger partial charge in [-0.15, -0.1) is 0 Å². The minimum absolute atomic E-state index is 0.352. The predicted octanol–water partition coefficient (Wildman–Crippen LogP) is 4.06. The van der Waals surface area contributed by atoms with Crippen molar-refractivity contribution in [3.63, 3.8) is 0 Å². The Morgan fingerprint density at radius 1 is 1.17 bits per heavy atom. The highest BCUT2D eigenvalue weighted by Gasteiger charge is 2.43. The molecule has 1 atom stereocenters. The molecule has 1 unspecified atom stereocenters. The Hall–Kier alpha value is -2.46. The van der Waals surface area contributed by atoms with Crippen LogP contribution in [0.25, 0.3) is 5.57 Å². The molecule has 0 saturated heterocycles. The van der Waals surface area contributed by atoms with Gasteiger partial charge in [-0.05, 0) is 60.6 Å². The van der Waals surface area contributed by atoms with E-state index in [1.807, 2.05) is 37.3 Å². The molecule has 0 saturated carbocycles. The van der Waals surface area contributed by atoms with Gasteiger partial charge in [0.15, 0.2) is 0 Å². The molecular formula is C20H20FNO2. The Bertz CT molecular complexity index is 828. The van der Waals surface area contributed by atoms with Gasteiger partial charge >= 0.3 is 0 Å². The Labute approximate surface area is 140 Å². The number of aryl methyl sites for hydroxylation is 1. The van der Waals surface area contributed by atoms with E-state index in [1.165, 1.54) is 6.07 Å². The number of hydrogen-bond donors (Lipinski definition) is 2. The maximum Gasteiger partial charge on any atom is 0.257 e. The van der Waals surface area contributed by atoms with E-state index in [1.54, 1.807) is 24.5 Å². The van der Waals surface area contributed by atoms with Crippen molar-refractivity contribution in [3.8, 4) is 0 Å². The number of halogens is 1. The molecule has 3 nitrogen and oxygen atoms in total. The molecule has 0 aromatic heterocycles. The van der Waals surface area contributed by atoms with Crippen LogP contribution in [-0.2, 0) is 10.2 Å². The lowest BCUT2D eigenvalue weighted by Crippen LogP contribution is -2.41. The number of allylic oxidation sites excluding steroid dienone is 1. The molecule has 124 valence electrons. The smallest absolute Gasteiger partial charge is 0.257 e. The molecule has 0 aliphatic heterocycles. The molecule has 4 heteroatoms. The van der Waals surface area contributed by atoms with Crippen molar-refractivity contribution in [2.45, 2.75) is 32.1 Å². The maximum absolute atomic E-state index is 14.0. The first-order valence-corrected chi connectivity index (χ1v) is 7.97. The normalized spacial score (nSPS) is 19.9. The number of hydrogen-bond acceptors (Lipinski definition) is 2. The summed E-state index contributed by atoms with van der Waals surface area (Å²) in [6, 6.07) is 12.7. The van der Waals surface area contributed by atoms with Crippen molar-refractivity contribution in [1.82, 2.24) is 5.48 Å². The van der Waals surface area contributed by atoms with E-state index in [-0.39, 0.29) is 5.82 Å². The van der Waals surface area contributed by atoms with Crippen LogP contribution < -0.4 is 5.48 Å². The summed E-state index contributed by atoms with van der Waals surface area (Å²) in [5, 5.41) is 9.27.